The summed E-state index contributed by atoms with van der Waals surface area (Å²) >= 11 is 0. The molecule has 0 amide bonds. The molecule has 0 atom stereocenters. The molecule has 4 nitrogen and oxygen atoms in total. The number of pyridine rings is 1. The van der Waals surface area contributed by atoms with Gasteiger partial charge in [0.05, 0.1) is 0 Å². The Balaban J connectivity index is 2.13. The molecule has 0 bridgehead atoms. The number of nitrogens with zero attached hydrogens (tertiary/aromatic N) is 1. The van der Waals surface area contributed by atoms with Crippen LogP contribution in [-0.2, 0) is 0 Å². The fourth-order valence-corrected chi connectivity index (χ4v) is 1.28. The Labute approximate surface area is 82.0 Å². The second kappa shape index (κ2) is 3.91. The predicted molar refractivity (Wildman–Crippen MR) is 52.7 cm³/mol. The third kappa shape index (κ3) is 1.90. The van der Waals surface area contributed by atoms with Gasteiger partial charge in [0.25, 0.3) is 0 Å². The van der Waals surface area contributed by atoms with Gasteiger partial charge in [0, 0.05) is 37.1 Å². The van der Waals surface area contributed by atoms with Crippen molar-refractivity contribution in [3.63, 3.8) is 0 Å². The highest BCUT2D eigenvalue weighted by Crippen LogP contribution is 2.00. The van der Waals surface area contributed by atoms with Gasteiger partial charge in [-0.1, -0.05) is 0 Å². The first kappa shape index (κ1) is 8.74. The largest absolute Gasteiger partial charge is 0.370 e. The number of aromatic nitrogens is 1. The summed E-state index contributed by atoms with van der Waals surface area (Å²) in [6.07, 6.45) is 4.77. The van der Waals surface area contributed by atoms with E-state index in [0.717, 1.165) is 18.9 Å². The Hall–Kier alpha value is -1.84. The van der Waals surface area contributed by atoms with E-state index in [1.54, 1.807) is 30.6 Å². The maximum absolute atomic E-state index is 11.6. The van der Waals surface area contributed by atoms with Crippen LogP contribution in [0.1, 0.15) is 10.4 Å². The molecule has 1 aliphatic rings. The smallest absolute Gasteiger partial charge is 0.190 e. The first-order valence-electron chi connectivity index (χ1n) is 4.50. The molecule has 0 radical (unpaired) electrons. The minimum atomic E-state index is -0.0324. The average Bonchev–Trinajstić information content (AvgIpc) is 2.72. The molecule has 0 saturated carbocycles. The summed E-state index contributed by atoms with van der Waals surface area (Å²) in [5.41, 5.74) is 0.607. The van der Waals surface area contributed by atoms with Gasteiger partial charge in [-0.15, -0.1) is 0 Å². The highest BCUT2D eigenvalue weighted by atomic mass is 16.1. The molecule has 4 heteroatoms. The summed E-state index contributed by atoms with van der Waals surface area (Å²) in [5, 5.41) is 6.13. The number of nitrogens with one attached hydrogen (secondary N) is 2. The highest BCUT2D eigenvalue weighted by Gasteiger charge is 2.07. The molecule has 1 aromatic rings. The number of carbonyl (C=O) groups excluding carboxylic acids is 1. The van der Waals surface area contributed by atoms with Gasteiger partial charge in [-0.25, -0.2) is 0 Å². The number of ketones is 1. The molecule has 0 spiro atoms. The summed E-state index contributed by atoms with van der Waals surface area (Å²) in [6.45, 7) is 1.73. The van der Waals surface area contributed by atoms with Gasteiger partial charge >= 0.3 is 0 Å². The highest BCUT2D eigenvalue weighted by molar-refractivity contribution is 6.04. The van der Waals surface area contributed by atoms with Crippen LogP contribution in [0.4, 0.5) is 0 Å². The van der Waals surface area contributed by atoms with Crippen molar-refractivity contribution in [1.82, 2.24) is 15.6 Å². The molecule has 2 heterocycles. The Kier molecular flexibility index (Phi) is 2.44. The van der Waals surface area contributed by atoms with Crippen molar-refractivity contribution in [2.24, 2.45) is 0 Å². The van der Waals surface area contributed by atoms with Gasteiger partial charge < -0.3 is 10.6 Å². The van der Waals surface area contributed by atoms with E-state index in [1.165, 1.54) is 0 Å². The monoisotopic (exact) mass is 189 g/mol. The lowest BCUT2D eigenvalue weighted by Gasteiger charge is -1.98. The molecular formula is C10H11N3O. The Bertz CT molecular complexity index is 351. The van der Waals surface area contributed by atoms with E-state index >= 15 is 0 Å². The van der Waals surface area contributed by atoms with Gasteiger partial charge in [0.15, 0.2) is 5.78 Å². The van der Waals surface area contributed by atoms with Crippen LogP contribution < -0.4 is 10.6 Å². The van der Waals surface area contributed by atoms with Crippen molar-refractivity contribution in [3.05, 3.63) is 42.0 Å². The second-order valence-corrected chi connectivity index (χ2v) is 3.02. The van der Waals surface area contributed by atoms with Crippen molar-refractivity contribution in [2.75, 3.05) is 13.1 Å². The predicted octanol–water partition coefficient (Wildman–Crippen LogP) is 0.298. The zero-order valence-electron chi connectivity index (χ0n) is 7.66. The normalized spacial score (nSPS) is 14.4. The minimum absolute atomic E-state index is 0.0324. The van der Waals surface area contributed by atoms with Crippen molar-refractivity contribution >= 4 is 5.78 Å². The van der Waals surface area contributed by atoms with Crippen molar-refractivity contribution in [3.8, 4) is 0 Å². The summed E-state index contributed by atoms with van der Waals surface area (Å²) < 4.78 is 0. The van der Waals surface area contributed by atoms with Crippen LogP contribution in [0.3, 0.4) is 0 Å². The molecule has 2 N–H and O–H groups in total. The average molecular weight is 189 g/mol. The van der Waals surface area contributed by atoms with Crippen LogP contribution in [0.2, 0.25) is 0 Å². The van der Waals surface area contributed by atoms with Crippen LogP contribution in [0.5, 0.6) is 0 Å². The van der Waals surface area contributed by atoms with E-state index in [2.05, 4.69) is 15.6 Å². The molecule has 0 aliphatic carbocycles. The van der Waals surface area contributed by atoms with Crippen LogP contribution >= 0.6 is 0 Å². The fourth-order valence-electron chi connectivity index (χ4n) is 1.28. The first-order valence-corrected chi connectivity index (χ1v) is 4.50. The maximum Gasteiger partial charge on any atom is 0.190 e. The van der Waals surface area contributed by atoms with Crippen molar-refractivity contribution in [2.45, 2.75) is 0 Å². The molecule has 0 unspecified atom stereocenters. The molecule has 1 fully saturated rings. The van der Waals surface area contributed by atoms with Crippen molar-refractivity contribution in [1.29, 1.82) is 0 Å². The fraction of sp³-hybridized carbons (Fsp3) is 0.200. The standard InChI is InChI=1S/C10H11N3O/c14-9(6-10-12-4-5-13-10)8-2-1-3-11-7-8/h1-3,6-7,12-13H,4-5H2. The molecule has 1 aromatic heterocycles. The van der Waals surface area contributed by atoms with Crippen LogP contribution in [-0.4, -0.2) is 23.9 Å². The zero-order chi connectivity index (χ0) is 9.80. The van der Waals surface area contributed by atoms with Crippen molar-refractivity contribution < 1.29 is 4.79 Å². The molecule has 1 aliphatic heterocycles. The number of hydrogen-bond donors (Lipinski definition) is 2. The Morgan fingerprint density at radius 3 is 2.86 bits per heavy atom. The molecule has 2 rings (SSSR count). The lowest BCUT2D eigenvalue weighted by molar-refractivity contribution is 0.104. The van der Waals surface area contributed by atoms with Gasteiger partial charge in [0.2, 0.25) is 0 Å². The second-order valence-electron chi connectivity index (χ2n) is 3.02. The lowest BCUT2D eigenvalue weighted by atomic mass is 10.2. The molecule has 14 heavy (non-hydrogen) atoms. The van der Waals surface area contributed by atoms with E-state index in [4.69, 9.17) is 0 Å². The summed E-state index contributed by atoms with van der Waals surface area (Å²) in [4.78, 5) is 15.5. The van der Waals surface area contributed by atoms with Gasteiger partial charge in [-0.2, -0.15) is 0 Å². The third-order valence-corrected chi connectivity index (χ3v) is 1.98. The first-order chi connectivity index (χ1) is 6.86. The topological polar surface area (TPSA) is 54.0 Å². The van der Waals surface area contributed by atoms with E-state index < -0.39 is 0 Å². The summed E-state index contributed by atoms with van der Waals surface area (Å²) in [7, 11) is 0. The lowest BCUT2D eigenvalue weighted by Crippen LogP contribution is -2.12. The van der Waals surface area contributed by atoms with E-state index in [1.807, 2.05) is 0 Å². The number of carbonyl (C=O) groups is 1. The van der Waals surface area contributed by atoms with Gasteiger partial charge in [0.1, 0.15) is 5.82 Å². The minimum Gasteiger partial charge on any atom is -0.370 e. The molecule has 0 aromatic carbocycles. The van der Waals surface area contributed by atoms with Gasteiger partial charge in [-0.05, 0) is 12.1 Å². The Morgan fingerprint density at radius 2 is 2.21 bits per heavy atom. The van der Waals surface area contributed by atoms with E-state index in [-0.39, 0.29) is 5.78 Å². The third-order valence-electron chi connectivity index (χ3n) is 1.98. The quantitative estimate of drug-likeness (QED) is 0.519. The van der Waals surface area contributed by atoms with Crippen LogP contribution in [0, 0.1) is 0 Å². The van der Waals surface area contributed by atoms with E-state index in [9.17, 15) is 4.79 Å². The van der Waals surface area contributed by atoms with Crippen LogP contribution in [0.25, 0.3) is 0 Å². The van der Waals surface area contributed by atoms with Gasteiger partial charge in [-0.3, -0.25) is 9.78 Å². The summed E-state index contributed by atoms with van der Waals surface area (Å²) in [6, 6.07) is 3.50. The SMILES string of the molecule is O=C(C=C1NCCN1)c1cccnc1. The number of allylic oxidation sites excluding steroid dienone is 1. The molecule has 1 saturated heterocycles. The Morgan fingerprint density at radius 1 is 1.43 bits per heavy atom. The maximum atomic E-state index is 11.6. The summed E-state index contributed by atoms with van der Waals surface area (Å²) in [5.74, 6) is 0.758. The number of hydrogen-bond acceptors (Lipinski definition) is 4. The zero-order valence-corrected chi connectivity index (χ0v) is 7.66. The molecule has 72 valence electrons. The van der Waals surface area contributed by atoms with E-state index in [0.29, 0.717) is 5.56 Å². The van der Waals surface area contributed by atoms with Crippen LogP contribution in [0.15, 0.2) is 36.4 Å². The number of rotatable bonds is 2. The molecular weight excluding hydrogens is 178 g/mol.